The van der Waals surface area contributed by atoms with Crippen LogP contribution in [0.2, 0.25) is 4.34 Å². The number of thiophene rings is 1. The van der Waals surface area contributed by atoms with E-state index in [2.05, 4.69) is 20.7 Å². The van der Waals surface area contributed by atoms with Crippen molar-refractivity contribution in [1.29, 1.82) is 0 Å². The van der Waals surface area contributed by atoms with Crippen molar-refractivity contribution in [3.63, 3.8) is 0 Å². The van der Waals surface area contributed by atoms with Crippen molar-refractivity contribution in [2.75, 3.05) is 4.72 Å². The molecule has 126 valence electrons. The highest BCUT2D eigenvalue weighted by atomic mass is 79.9. The maximum absolute atomic E-state index is 12.7. The molecule has 0 unspecified atom stereocenters. The summed E-state index contributed by atoms with van der Waals surface area (Å²) in [4.78, 5) is 0. The summed E-state index contributed by atoms with van der Waals surface area (Å²) in [6.07, 6.45) is -9.75. The first kappa shape index (κ1) is 18.8. The van der Waals surface area contributed by atoms with Gasteiger partial charge in [-0.15, -0.1) is 11.3 Å². The first-order valence-electron chi connectivity index (χ1n) is 5.64. The van der Waals surface area contributed by atoms with Crippen LogP contribution in [-0.4, -0.2) is 0 Å². The molecule has 0 aliphatic carbocycles. The van der Waals surface area contributed by atoms with Gasteiger partial charge in [-0.3, -0.25) is 0 Å². The Morgan fingerprint density at radius 3 is 1.87 bits per heavy atom. The average molecular weight is 457 g/mol. The molecule has 0 bridgehead atoms. The van der Waals surface area contributed by atoms with E-state index in [1.807, 2.05) is 0 Å². The second-order valence-electron chi connectivity index (χ2n) is 4.19. The van der Waals surface area contributed by atoms with Gasteiger partial charge in [0.25, 0.3) is 0 Å². The third kappa shape index (κ3) is 4.94. The van der Waals surface area contributed by atoms with Crippen molar-refractivity contribution in [2.24, 2.45) is 0 Å². The van der Waals surface area contributed by atoms with E-state index >= 15 is 0 Å². The van der Waals surface area contributed by atoms with Crippen molar-refractivity contribution in [2.45, 2.75) is 16.6 Å². The second-order valence-corrected chi connectivity index (χ2v) is 7.80. The predicted molar refractivity (Wildman–Crippen MR) is 83.0 cm³/mol. The van der Waals surface area contributed by atoms with Crippen LogP contribution in [0.4, 0.5) is 32.0 Å². The molecule has 0 aliphatic rings. The Kier molecular flexibility index (Phi) is 5.49. The van der Waals surface area contributed by atoms with Crippen LogP contribution in [-0.2, 0) is 12.4 Å². The number of nitrogens with one attached hydrogen (secondary N) is 1. The standard InChI is InChI=1S/C12H5BrClF6NS2/c13-8-4-9(22-10(8)14)23-21-7-2-5(11(15,16)17)1-6(3-7)12(18,19)20/h1-4,21H. The van der Waals surface area contributed by atoms with E-state index in [4.69, 9.17) is 11.6 Å². The minimum Gasteiger partial charge on any atom is -0.325 e. The molecule has 0 fully saturated rings. The fraction of sp³-hybridized carbons (Fsp3) is 0.167. The normalized spacial score (nSPS) is 12.5. The van der Waals surface area contributed by atoms with Gasteiger partial charge in [0, 0.05) is 10.2 Å². The predicted octanol–water partition coefficient (Wildman–Crippen LogP) is 7.32. The summed E-state index contributed by atoms with van der Waals surface area (Å²) in [5.41, 5.74) is -3.06. The van der Waals surface area contributed by atoms with Crippen molar-refractivity contribution < 1.29 is 26.3 Å². The third-order valence-corrected chi connectivity index (χ3v) is 5.91. The maximum atomic E-state index is 12.7. The Morgan fingerprint density at radius 1 is 0.957 bits per heavy atom. The average Bonchev–Trinajstić information content (AvgIpc) is 2.73. The lowest BCUT2D eigenvalue weighted by Crippen LogP contribution is -2.11. The van der Waals surface area contributed by atoms with E-state index in [1.165, 1.54) is 0 Å². The highest BCUT2D eigenvalue weighted by molar-refractivity contribution is 9.10. The molecule has 11 heteroatoms. The van der Waals surface area contributed by atoms with E-state index in [-0.39, 0.29) is 11.8 Å². The number of alkyl halides is 6. The molecule has 0 aliphatic heterocycles. The molecule has 0 amide bonds. The van der Waals surface area contributed by atoms with Gasteiger partial charge >= 0.3 is 12.4 Å². The minimum absolute atomic E-state index is 0.0778. The summed E-state index contributed by atoms with van der Waals surface area (Å²) in [6.45, 7) is 0. The zero-order valence-electron chi connectivity index (χ0n) is 10.6. The van der Waals surface area contributed by atoms with Crippen LogP contribution >= 0.6 is 50.8 Å². The lowest BCUT2D eigenvalue weighted by Gasteiger charge is -2.14. The molecular formula is C12H5BrClF6NS2. The SMILES string of the molecule is FC(F)(F)c1cc(NSc2cc(Br)c(Cl)s2)cc(C(F)(F)F)c1. The maximum Gasteiger partial charge on any atom is 0.416 e. The Morgan fingerprint density at radius 2 is 1.48 bits per heavy atom. The zero-order chi connectivity index (χ0) is 17.4. The number of hydrogen-bond acceptors (Lipinski definition) is 3. The van der Waals surface area contributed by atoms with Gasteiger partial charge in [0.1, 0.15) is 4.34 Å². The monoisotopic (exact) mass is 455 g/mol. The molecule has 2 rings (SSSR count). The van der Waals surface area contributed by atoms with Crippen LogP contribution in [0.3, 0.4) is 0 Å². The number of anilines is 1. The van der Waals surface area contributed by atoms with Gasteiger partial charge < -0.3 is 4.72 Å². The fourth-order valence-corrected chi connectivity index (χ4v) is 4.28. The van der Waals surface area contributed by atoms with Gasteiger partial charge in [-0.2, -0.15) is 26.3 Å². The minimum atomic E-state index is -4.88. The molecule has 1 aromatic carbocycles. The number of benzene rings is 1. The van der Waals surface area contributed by atoms with Gasteiger partial charge in [-0.1, -0.05) is 11.6 Å². The van der Waals surface area contributed by atoms with Crippen LogP contribution in [0.25, 0.3) is 0 Å². The summed E-state index contributed by atoms with van der Waals surface area (Å²) in [5, 5.41) is 0. The van der Waals surface area contributed by atoms with Gasteiger partial charge in [0.2, 0.25) is 0 Å². The van der Waals surface area contributed by atoms with E-state index in [0.29, 0.717) is 25.2 Å². The molecule has 23 heavy (non-hydrogen) atoms. The Hall–Kier alpha value is -0.580. The highest BCUT2D eigenvalue weighted by Crippen LogP contribution is 2.40. The lowest BCUT2D eigenvalue weighted by atomic mass is 10.1. The first-order valence-corrected chi connectivity index (χ1v) is 8.44. The highest BCUT2D eigenvalue weighted by Gasteiger charge is 2.36. The summed E-state index contributed by atoms with van der Waals surface area (Å²) in [7, 11) is 0. The summed E-state index contributed by atoms with van der Waals surface area (Å²) >= 11 is 11.0. The van der Waals surface area contributed by atoms with Crippen molar-refractivity contribution >= 4 is 56.5 Å². The van der Waals surface area contributed by atoms with Gasteiger partial charge in [-0.25, -0.2) is 0 Å². The molecule has 2 aromatic rings. The van der Waals surface area contributed by atoms with Crippen LogP contribution in [0.1, 0.15) is 11.1 Å². The number of rotatable bonds is 3. The van der Waals surface area contributed by atoms with Gasteiger partial charge in [0.05, 0.1) is 15.3 Å². The molecule has 0 atom stereocenters. The summed E-state index contributed by atoms with van der Waals surface area (Å²) in [5.74, 6) is 0. The first-order chi connectivity index (χ1) is 10.5. The molecule has 0 saturated heterocycles. The van der Waals surface area contributed by atoms with Crippen molar-refractivity contribution in [3.8, 4) is 0 Å². The quantitative estimate of drug-likeness (QED) is 0.383. The number of hydrogen-bond donors (Lipinski definition) is 1. The fourth-order valence-electron chi connectivity index (χ4n) is 1.50. The smallest absolute Gasteiger partial charge is 0.325 e. The molecule has 0 spiro atoms. The molecule has 1 nitrogen and oxygen atoms in total. The van der Waals surface area contributed by atoms with Crippen LogP contribution < -0.4 is 4.72 Å². The Bertz CT molecular complexity index is 661. The zero-order valence-corrected chi connectivity index (χ0v) is 14.6. The molecule has 0 saturated carbocycles. The number of halogens is 8. The second kappa shape index (κ2) is 6.73. The summed E-state index contributed by atoms with van der Waals surface area (Å²) < 4.78 is 80.5. The lowest BCUT2D eigenvalue weighted by molar-refractivity contribution is -0.143. The van der Waals surface area contributed by atoms with E-state index in [0.717, 1.165) is 23.3 Å². The Labute approximate surface area is 148 Å². The van der Waals surface area contributed by atoms with Crippen molar-refractivity contribution in [1.82, 2.24) is 0 Å². The van der Waals surface area contributed by atoms with E-state index in [9.17, 15) is 26.3 Å². The topological polar surface area (TPSA) is 12.0 Å². The molecular weight excluding hydrogens is 452 g/mol. The Balaban J connectivity index is 2.30. The molecule has 0 radical (unpaired) electrons. The van der Waals surface area contributed by atoms with Gasteiger partial charge in [-0.05, 0) is 52.1 Å². The van der Waals surface area contributed by atoms with Gasteiger partial charge in [0.15, 0.2) is 0 Å². The van der Waals surface area contributed by atoms with Crippen LogP contribution in [0.5, 0.6) is 0 Å². The summed E-state index contributed by atoms with van der Waals surface area (Å²) in [6, 6.07) is 2.91. The molecule has 1 aromatic heterocycles. The molecule has 1 heterocycles. The third-order valence-electron chi connectivity index (χ3n) is 2.48. The largest absolute Gasteiger partial charge is 0.416 e. The van der Waals surface area contributed by atoms with Crippen molar-refractivity contribution in [3.05, 3.63) is 44.2 Å². The van der Waals surface area contributed by atoms with E-state index in [1.54, 1.807) is 6.07 Å². The van der Waals surface area contributed by atoms with E-state index < -0.39 is 23.5 Å². The molecule has 1 N–H and O–H groups in total. The van der Waals surface area contributed by atoms with Crippen LogP contribution in [0, 0.1) is 0 Å². The van der Waals surface area contributed by atoms with Crippen LogP contribution in [0.15, 0.2) is 32.9 Å².